The highest BCUT2D eigenvalue weighted by Crippen LogP contribution is 2.13. The van der Waals surface area contributed by atoms with Gasteiger partial charge in [-0.3, -0.25) is 4.79 Å². The van der Waals surface area contributed by atoms with E-state index in [1.165, 1.54) is 12.8 Å². The van der Waals surface area contributed by atoms with E-state index in [-0.39, 0.29) is 5.97 Å². The maximum absolute atomic E-state index is 11.6. The predicted molar refractivity (Wildman–Crippen MR) is 73.4 cm³/mol. The summed E-state index contributed by atoms with van der Waals surface area (Å²) in [4.78, 5) is 11.6. The average molecular weight is 259 g/mol. The van der Waals surface area contributed by atoms with Crippen molar-refractivity contribution in [2.75, 3.05) is 20.3 Å². The Labute approximate surface area is 111 Å². The summed E-state index contributed by atoms with van der Waals surface area (Å²) in [5.74, 6) is 0.195. The Bertz CT molecular complexity index is 209. The molecule has 2 N–H and O–H groups in total. The van der Waals surface area contributed by atoms with E-state index in [2.05, 4.69) is 13.8 Å². The normalized spacial score (nSPS) is 14.2. The monoisotopic (exact) mass is 259 g/mol. The molecule has 0 rings (SSSR count). The number of esters is 1. The first-order valence-corrected chi connectivity index (χ1v) is 7.06. The van der Waals surface area contributed by atoms with Crippen LogP contribution in [0, 0.1) is 5.92 Å². The number of hydrogen-bond donors (Lipinski definition) is 1. The number of ether oxygens (including phenoxy) is 2. The quantitative estimate of drug-likeness (QED) is 0.457. The van der Waals surface area contributed by atoms with Crippen molar-refractivity contribution in [1.29, 1.82) is 0 Å². The summed E-state index contributed by atoms with van der Waals surface area (Å²) in [5, 5.41) is 0. The highest BCUT2D eigenvalue weighted by atomic mass is 16.5. The van der Waals surface area contributed by atoms with Crippen LogP contribution in [0.1, 0.15) is 52.4 Å². The van der Waals surface area contributed by atoms with Gasteiger partial charge < -0.3 is 15.2 Å². The number of nitrogens with two attached hydrogens (primary N) is 1. The lowest BCUT2D eigenvalue weighted by Gasteiger charge is -2.16. The Morgan fingerprint density at radius 2 is 1.94 bits per heavy atom. The van der Waals surface area contributed by atoms with Crippen LogP contribution in [0.25, 0.3) is 0 Å². The summed E-state index contributed by atoms with van der Waals surface area (Å²) >= 11 is 0. The third-order valence-corrected chi connectivity index (χ3v) is 3.17. The molecule has 0 heterocycles. The highest BCUT2D eigenvalue weighted by molar-refractivity contribution is 5.75. The van der Waals surface area contributed by atoms with E-state index in [9.17, 15) is 4.79 Å². The highest BCUT2D eigenvalue weighted by Gasteiger charge is 2.16. The minimum absolute atomic E-state index is 0.277. The molecule has 0 amide bonds. The van der Waals surface area contributed by atoms with Gasteiger partial charge in [0.15, 0.2) is 0 Å². The Kier molecular flexibility index (Phi) is 11.1. The van der Waals surface area contributed by atoms with Crippen molar-refractivity contribution in [1.82, 2.24) is 0 Å². The van der Waals surface area contributed by atoms with Crippen LogP contribution in [0.15, 0.2) is 0 Å². The second kappa shape index (κ2) is 11.5. The topological polar surface area (TPSA) is 61.5 Å². The molecule has 0 aliphatic rings. The zero-order valence-electron chi connectivity index (χ0n) is 12.1. The van der Waals surface area contributed by atoms with Gasteiger partial charge in [-0.15, -0.1) is 0 Å². The van der Waals surface area contributed by atoms with E-state index in [1.807, 2.05) is 0 Å². The number of methoxy groups -OCH3 is 1. The molecule has 0 fully saturated rings. The molecule has 0 aliphatic carbocycles. The molecule has 2 unspecified atom stereocenters. The fraction of sp³-hybridized carbons (Fsp3) is 0.929. The van der Waals surface area contributed by atoms with E-state index >= 15 is 0 Å². The molecule has 0 spiro atoms. The van der Waals surface area contributed by atoms with Crippen molar-refractivity contribution in [3.63, 3.8) is 0 Å². The van der Waals surface area contributed by atoms with E-state index in [1.54, 1.807) is 7.11 Å². The van der Waals surface area contributed by atoms with Crippen LogP contribution in [0.5, 0.6) is 0 Å². The molecule has 0 aliphatic heterocycles. The molecule has 4 heteroatoms. The molecule has 108 valence electrons. The van der Waals surface area contributed by atoms with Crippen molar-refractivity contribution in [3.05, 3.63) is 0 Å². The van der Waals surface area contributed by atoms with Crippen molar-refractivity contribution in [3.8, 4) is 0 Å². The maximum atomic E-state index is 11.6. The van der Waals surface area contributed by atoms with E-state index in [4.69, 9.17) is 15.2 Å². The fourth-order valence-corrected chi connectivity index (χ4v) is 1.77. The van der Waals surface area contributed by atoms with Gasteiger partial charge in [0.05, 0.1) is 6.61 Å². The largest absolute Gasteiger partial charge is 0.464 e. The van der Waals surface area contributed by atoms with Gasteiger partial charge in [0.2, 0.25) is 0 Å². The molecule has 4 nitrogen and oxygen atoms in total. The third-order valence-electron chi connectivity index (χ3n) is 3.17. The number of carbonyl (C=O) groups is 1. The van der Waals surface area contributed by atoms with Crippen LogP contribution in [0.2, 0.25) is 0 Å². The predicted octanol–water partition coefficient (Wildman–Crippen LogP) is 2.50. The number of carbonyl (C=O) groups excluding carboxylic acids is 1. The summed E-state index contributed by atoms with van der Waals surface area (Å²) in [6.07, 6.45) is 5.96. The molecule has 0 aromatic heterocycles. The van der Waals surface area contributed by atoms with Gasteiger partial charge in [0.25, 0.3) is 0 Å². The van der Waals surface area contributed by atoms with Crippen LogP contribution in [0.4, 0.5) is 0 Å². The fourth-order valence-electron chi connectivity index (χ4n) is 1.77. The first-order chi connectivity index (χ1) is 8.65. The number of rotatable bonds is 11. The maximum Gasteiger partial charge on any atom is 0.322 e. The van der Waals surface area contributed by atoms with E-state index in [0.29, 0.717) is 25.6 Å². The van der Waals surface area contributed by atoms with Gasteiger partial charge in [0, 0.05) is 13.7 Å². The summed E-state index contributed by atoms with van der Waals surface area (Å²) in [5.41, 5.74) is 5.76. The van der Waals surface area contributed by atoms with Crippen molar-refractivity contribution >= 4 is 5.97 Å². The molecule has 0 saturated heterocycles. The van der Waals surface area contributed by atoms with Gasteiger partial charge in [-0.2, -0.15) is 0 Å². The molecular weight excluding hydrogens is 230 g/mol. The summed E-state index contributed by atoms with van der Waals surface area (Å²) in [6.45, 7) is 5.44. The Hall–Kier alpha value is -0.610. The summed E-state index contributed by atoms with van der Waals surface area (Å²) in [6, 6.07) is -0.510. The molecule has 2 atom stereocenters. The minimum atomic E-state index is -0.510. The van der Waals surface area contributed by atoms with Crippen LogP contribution < -0.4 is 5.73 Å². The van der Waals surface area contributed by atoms with Crippen LogP contribution in [-0.2, 0) is 14.3 Å². The van der Waals surface area contributed by atoms with Crippen LogP contribution >= 0.6 is 0 Å². The van der Waals surface area contributed by atoms with Crippen molar-refractivity contribution < 1.29 is 14.3 Å². The van der Waals surface area contributed by atoms with Crippen LogP contribution in [0.3, 0.4) is 0 Å². The lowest BCUT2D eigenvalue weighted by atomic mass is 10.0. The zero-order valence-corrected chi connectivity index (χ0v) is 12.1. The SMILES string of the molecule is CCCCC(CC)COC(=O)C(N)CCCOC. The molecule has 0 aromatic rings. The van der Waals surface area contributed by atoms with Gasteiger partial charge >= 0.3 is 5.97 Å². The lowest BCUT2D eigenvalue weighted by molar-refractivity contribution is -0.147. The molecule has 0 bridgehead atoms. The number of unbranched alkanes of at least 4 members (excludes halogenated alkanes) is 1. The lowest BCUT2D eigenvalue weighted by Crippen LogP contribution is -2.33. The molecule has 0 radical (unpaired) electrons. The summed E-state index contributed by atoms with van der Waals surface area (Å²) < 4.78 is 10.2. The summed E-state index contributed by atoms with van der Waals surface area (Å²) in [7, 11) is 1.64. The second-order valence-corrected chi connectivity index (χ2v) is 4.79. The second-order valence-electron chi connectivity index (χ2n) is 4.79. The Morgan fingerprint density at radius 3 is 2.50 bits per heavy atom. The molecular formula is C14H29NO3. The first kappa shape index (κ1) is 17.4. The van der Waals surface area contributed by atoms with Gasteiger partial charge in [-0.1, -0.05) is 33.1 Å². The number of hydrogen-bond acceptors (Lipinski definition) is 4. The molecule has 18 heavy (non-hydrogen) atoms. The Balaban J connectivity index is 3.77. The van der Waals surface area contributed by atoms with Crippen LogP contribution in [-0.4, -0.2) is 32.3 Å². The standard InChI is InChI=1S/C14H29NO3/c1-4-6-8-12(5-2)11-18-14(16)13(15)9-7-10-17-3/h12-13H,4-11,15H2,1-3H3. The third kappa shape index (κ3) is 8.48. The van der Waals surface area contributed by atoms with Gasteiger partial charge in [-0.05, 0) is 25.2 Å². The van der Waals surface area contributed by atoms with E-state index < -0.39 is 6.04 Å². The van der Waals surface area contributed by atoms with Gasteiger partial charge in [-0.25, -0.2) is 0 Å². The first-order valence-electron chi connectivity index (χ1n) is 7.06. The minimum Gasteiger partial charge on any atom is -0.464 e. The smallest absolute Gasteiger partial charge is 0.322 e. The molecule has 0 saturated carbocycles. The molecule has 0 aromatic carbocycles. The zero-order chi connectivity index (χ0) is 13.8. The van der Waals surface area contributed by atoms with Gasteiger partial charge in [0.1, 0.15) is 6.04 Å². The van der Waals surface area contributed by atoms with Crippen molar-refractivity contribution in [2.45, 2.75) is 58.4 Å². The average Bonchev–Trinajstić information content (AvgIpc) is 2.38. The Morgan fingerprint density at radius 1 is 1.22 bits per heavy atom. The van der Waals surface area contributed by atoms with Crippen molar-refractivity contribution in [2.24, 2.45) is 11.7 Å². The van der Waals surface area contributed by atoms with E-state index in [0.717, 1.165) is 19.3 Å².